The maximum atomic E-state index is 14.5. The molecule has 18 N–H and O–H groups in total. The van der Waals surface area contributed by atoms with Crippen molar-refractivity contribution < 1.29 is 68.1 Å². The summed E-state index contributed by atoms with van der Waals surface area (Å²) in [5, 5.41) is 51.9. The van der Waals surface area contributed by atoms with E-state index in [0.29, 0.717) is 46.1 Å². The van der Waals surface area contributed by atoms with Gasteiger partial charge < -0.3 is 89.2 Å². The second kappa shape index (κ2) is 31.5. The summed E-state index contributed by atoms with van der Waals surface area (Å²) in [6.07, 6.45) is 5.47. The van der Waals surface area contributed by atoms with Crippen LogP contribution in [0.25, 0.3) is 21.8 Å². The summed E-state index contributed by atoms with van der Waals surface area (Å²) in [5.41, 5.74) is 14.6. The Bertz CT molecular complexity index is 3490. The third-order valence-electron chi connectivity index (χ3n) is 14.9. The molecule has 8 atom stereocenters. The zero-order valence-electron chi connectivity index (χ0n) is 49.0. The number of nitrogens with one attached hydrogen (secondary N) is 11. The van der Waals surface area contributed by atoms with E-state index >= 15 is 0 Å². The highest BCUT2D eigenvalue weighted by atomic mass is 16.4. The summed E-state index contributed by atoms with van der Waals surface area (Å²) >= 11 is 0. The lowest BCUT2D eigenvalue weighted by molar-refractivity contribution is -0.142. The van der Waals surface area contributed by atoms with Crippen molar-refractivity contribution in [1.82, 2.24) is 67.4 Å². The third kappa shape index (κ3) is 18.9. The van der Waals surface area contributed by atoms with E-state index in [0.717, 1.165) is 10.9 Å². The van der Waals surface area contributed by atoms with Gasteiger partial charge in [-0.2, -0.15) is 0 Å². The number of hydrogen-bond acceptors (Lipinski definition) is 15. The smallest absolute Gasteiger partial charge is 0.303 e. The van der Waals surface area contributed by atoms with Gasteiger partial charge in [-0.05, 0) is 72.6 Å². The highest BCUT2D eigenvalue weighted by molar-refractivity contribution is 5.99. The number of phenolic OH excluding ortho intramolecular Hbond substituents is 1. The number of amides is 10. The zero-order valence-corrected chi connectivity index (χ0v) is 49.0. The molecule has 1 aliphatic heterocycles. The predicted octanol–water partition coefficient (Wildman–Crippen LogP) is -1.80. The average Bonchev–Trinajstić information content (AvgIpc) is 2.51. The molecule has 0 spiro atoms. The molecule has 3 aromatic heterocycles. The van der Waals surface area contributed by atoms with E-state index in [-0.39, 0.29) is 56.7 Å². The number of imidazole rings is 1. The molecule has 0 unspecified atom stereocenters. The fraction of sp³-hybridized carbons (Fsp3) is 0.400. The van der Waals surface area contributed by atoms with Gasteiger partial charge in [-0.15, -0.1) is 0 Å². The van der Waals surface area contributed by atoms with Crippen molar-refractivity contribution in [3.63, 3.8) is 0 Å². The molecule has 29 heteroatoms. The first-order valence-electron chi connectivity index (χ1n) is 29.0. The summed E-state index contributed by atoms with van der Waals surface area (Å²) in [7, 11) is 0. The molecule has 6 aromatic rings. The minimum atomic E-state index is -1.79. The molecular formula is C60H75N15O14. The number of fused-ring (bicyclic) bond motifs is 2. The number of aliphatic carboxylic acids is 1. The number of carboxylic acid groups (broad SMARTS) is 1. The number of nitrogens with two attached hydrogens (primary N) is 2. The number of hydrogen-bond donors (Lipinski definition) is 16. The lowest BCUT2D eigenvalue weighted by Gasteiger charge is -2.30. The molecule has 0 radical (unpaired) electrons. The Morgan fingerprint density at radius 2 is 1.18 bits per heavy atom. The number of carboxylic acids is 1. The number of aliphatic hydroxyl groups is 1. The molecule has 0 aliphatic carbocycles. The zero-order chi connectivity index (χ0) is 64.3. The van der Waals surface area contributed by atoms with Gasteiger partial charge >= 0.3 is 5.97 Å². The van der Waals surface area contributed by atoms with Crippen molar-refractivity contribution in [1.29, 1.82) is 0 Å². The number of phenols is 1. The number of aromatic hydroxyl groups is 1. The van der Waals surface area contributed by atoms with Crippen LogP contribution < -0.4 is 54.0 Å². The highest BCUT2D eigenvalue weighted by Crippen LogP contribution is 2.24. The van der Waals surface area contributed by atoms with Crippen molar-refractivity contribution in [3.05, 3.63) is 120 Å². The van der Waals surface area contributed by atoms with Gasteiger partial charge in [0.25, 0.3) is 0 Å². The first-order valence-corrected chi connectivity index (χ1v) is 29.0. The quantitative estimate of drug-likeness (QED) is 0.0222. The van der Waals surface area contributed by atoms with E-state index in [1.807, 2.05) is 32.0 Å². The van der Waals surface area contributed by atoms with Crippen LogP contribution in [0.3, 0.4) is 0 Å². The molecule has 89 heavy (non-hydrogen) atoms. The van der Waals surface area contributed by atoms with Crippen molar-refractivity contribution in [2.45, 2.75) is 120 Å². The summed E-state index contributed by atoms with van der Waals surface area (Å²) in [4.78, 5) is 164. The van der Waals surface area contributed by atoms with E-state index in [1.54, 1.807) is 42.7 Å². The third-order valence-corrected chi connectivity index (χ3v) is 14.9. The Kier molecular flexibility index (Phi) is 23.5. The maximum absolute atomic E-state index is 14.5. The molecule has 1 saturated heterocycles. The van der Waals surface area contributed by atoms with Gasteiger partial charge in [0.1, 0.15) is 48.0 Å². The van der Waals surface area contributed by atoms with Gasteiger partial charge in [0, 0.05) is 84.7 Å². The predicted molar refractivity (Wildman–Crippen MR) is 321 cm³/mol. The van der Waals surface area contributed by atoms with E-state index in [4.69, 9.17) is 11.5 Å². The SMILES string of the molecule is CC(C)C[C@H](NC(=O)[C@H](Cc1c[nH]c2ccccc12)NC(=O)CNC(=O)[C@H](Cc1ccc(O)cc1)NC(=O)[C@H](CO)NC(=O)[C@H](Cc1c[nH]c2ccccc12)NC(=O)[C@H](Cc1cnc[nH]1)NC(=O)[C@@H](N)CCC(=O)O)C(=O)N1CCC[C@H]1C(=O)NCC(N)=O. The largest absolute Gasteiger partial charge is 0.508 e. The van der Waals surface area contributed by atoms with Gasteiger partial charge in [-0.25, -0.2) is 4.98 Å². The lowest BCUT2D eigenvalue weighted by atomic mass is 10.00. The number of para-hydroxylation sites is 2. The molecule has 1 aliphatic rings. The summed E-state index contributed by atoms with van der Waals surface area (Å²) in [6.45, 7) is 1.63. The minimum Gasteiger partial charge on any atom is -0.508 e. The number of likely N-dealkylation sites (tertiary alicyclic amines) is 1. The summed E-state index contributed by atoms with van der Waals surface area (Å²) < 4.78 is 0. The number of carbonyl (C=O) groups excluding carboxylic acids is 10. The van der Waals surface area contributed by atoms with Gasteiger partial charge in [0.2, 0.25) is 59.1 Å². The van der Waals surface area contributed by atoms with Crippen LogP contribution in [0.1, 0.15) is 68.3 Å². The Balaban J connectivity index is 1.08. The molecule has 0 bridgehead atoms. The number of rotatable bonds is 32. The Morgan fingerprint density at radius 3 is 1.74 bits per heavy atom. The number of nitrogens with zero attached hydrogens (tertiary/aromatic N) is 2. The molecule has 0 saturated carbocycles. The molecule has 7 rings (SSSR count). The lowest BCUT2D eigenvalue weighted by Crippen LogP contribution is -2.60. The Labute approximate surface area is 510 Å². The Morgan fingerprint density at radius 1 is 0.640 bits per heavy atom. The normalized spacial score (nSPS) is 15.3. The van der Waals surface area contributed by atoms with Crippen LogP contribution >= 0.6 is 0 Å². The van der Waals surface area contributed by atoms with E-state index in [1.165, 1.54) is 41.7 Å². The molecule has 3 aromatic carbocycles. The van der Waals surface area contributed by atoms with Crippen molar-refractivity contribution in [2.75, 3.05) is 26.2 Å². The standard InChI is InChI=1S/C60H75N15O14/c1-32(2)20-47(60(89)75-19-7-12-49(75)59(88)66-28-50(62)78)73-55(84)44(22-34-25-64-41-10-5-3-8-38(34)41)69-51(79)29-67-54(83)43(21-33-13-15-37(77)16-14-33)71-58(87)48(30-76)74-56(85)45(23-35-26-65-42-11-6-4-9-39(35)42)72-57(86)46(24-36-27-63-31-68-36)70-53(82)40(61)17-18-52(80)81/h3-6,8-11,13-16,25-27,31-32,40,43-49,64-65,76-77H,7,12,17-24,28-30,61H2,1-2H3,(H2,62,78)(H,63,68)(H,66,88)(H,67,83)(H,69,79)(H,70,82)(H,71,87)(H,72,86)(H,73,84)(H,74,85)(H,80,81)/t40-,43-,44-,45-,46-,47-,48-,49-/m0/s1. The van der Waals surface area contributed by atoms with Crippen molar-refractivity contribution in [2.24, 2.45) is 17.4 Å². The topological polar surface area (TPSA) is 460 Å². The van der Waals surface area contributed by atoms with E-state index in [9.17, 15) is 68.1 Å². The van der Waals surface area contributed by atoms with Crippen LogP contribution in [-0.4, -0.2) is 180 Å². The van der Waals surface area contributed by atoms with Gasteiger partial charge in [-0.1, -0.05) is 62.4 Å². The molecule has 4 heterocycles. The average molecular weight is 1230 g/mol. The second-order valence-corrected chi connectivity index (χ2v) is 22.1. The van der Waals surface area contributed by atoms with Crippen LogP contribution in [0, 0.1) is 5.92 Å². The molecule has 10 amide bonds. The van der Waals surface area contributed by atoms with Crippen molar-refractivity contribution >= 4 is 86.8 Å². The molecule has 1 fully saturated rings. The highest BCUT2D eigenvalue weighted by Gasteiger charge is 2.39. The second-order valence-electron chi connectivity index (χ2n) is 22.1. The minimum absolute atomic E-state index is 0.104. The van der Waals surface area contributed by atoms with Gasteiger partial charge in [-0.3, -0.25) is 52.7 Å². The first kappa shape index (κ1) is 66.4. The fourth-order valence-corrected chi connectivity index (χ4v) is 10.4. The van der Waals surface area contributed by atoms with Gasteiger partial charge in [0.05, 0.1) is 32.1 Å². The van der Waals surface area contributed by atoms with Crippen LogP contribution in [0.5, 0.6) is 5.75 Å². The molecular weight excluding hydrogens is 1150 g/mol. The van der Waals surface area contributed by atoms with E-state index in [2.05, 4.69) is 62.5 Å². The number of aliphatic hydroxyl groups excluding tert-OH is 1. The van der Waals surface area contributed by atoms with E-state index < -0.39 is 139 Å². The van der Waals surface area contributed by atoms with Gasteiger partial charge in [0.15, 0.2) is 0 Å². The van der Waals surface area contributed by atoms with Crippen LogP contribution in [0.15, 0.2) is 97.7 Å². The monoisotopic (exact) mass is 1230 g/mol. The number of aromatic amines is 3. The van der Waals surface area contributed by atoms with Crippen molar-refractivity contribution in [3.8, 4) is 5.75 Å². The molecule has 29 nitrogen and oxygen atoms in total. The van der Waals surface area contributed by atoms with Crippen LogP contribution in [0.2, 0.25) is 0 Å². The summed E-state index contributed by atoms with van der Waals surface area (Å²) in [6, 6.07) is 8.88. The number of carbonyl (C=O) groups is 11. The maximum Gasteiger partial charge on any atom is 0.303 e. The number of aromatic nitrogens is 4. The fourth-order valence-electron chi connectivity index (χ4n) is 10.4. The Hall–Kier alpha value is -10.2. The number of primary amides is 1. The summed E-state index contributed by atoms with van der Waals surface area (Å²) in [5.74, 6) is -9.77. The number of benzene rings is 3. The van der Waals surface area contributed by atoms with Crippen LogP contribution in [0.4, 0.5) is 0 Å². The van der Waals surface area contributed by atoms with Crippen LogP contribution in [-0.2, 0) is 78.4 Å². The number of H-pyrrole nitrogens is 3. The molecule has 474 valence electrons. The first-order chi connectivity index (χ1) is 42.6.